The van der Waals surface area contributed by atoms with E-state index in [0.29, 0.717) is 5.69 Å². The van der Waals surface area contributed by atoms with Gasteiger partial charge in [-0.3, -0.25) is 9.78 Å². The molecule has 1 aliphatic rings. The molecule has 1 aliphatic carbocycles. The molecule has 86 valence electrons. The zero-order valence-electron chi connectivity index (χ0n) is 9.86. The summed E-state index contributed by atoms with van der Waals surface area (Å²) in [5.41, 5.74) is 0.641. The van der Waals surface area contributed by atoms with Crippen molar-refractivity contribution >= 4 is 5.78 Å². The molecule has 0 unspecified atom stereocenters. The first-order chi connectivity index (χ1) is 7.81. The maximum absolute atomic E-state index is 12.1. The summed E-state index contributed by atoms with van der Waals surface area (Å²) in [4.78, 5) is 16.3. The van der Waals surface area contributed by atoms with E-state index in [1.54, 1.807) is 6.20 Å². The van der Waals surface area contributed by atoms with E-state index < -0.39 is 0 Å². The van der Waals surface area contributed by atoms with Crippen LogP contribution in [0.2, 0.25) is 0 Å². The third-order valence-corrected chi connectivity index (χ3v) is 3.71. The van der Waals surface area contributed by atoms with Crippen LogP contribution in [0.1, 0.15) is 49.5 Å². The monoisotopic (exact) mass is 217 g/mol. The van der Waals surface area contributed by atoms with Gasteiger partial charge in [-0.1, -0.05) is 19.4 Å². The van der Waals surface area contributed by atoms with Gasteiger partial charge in [-0.15, -0.1) is 0 Å². The first-order valence-electron chi connectivity index (χ1n) is 6.26. The fourth-order valence-electron chi connectivity index (χ4n) is 2.55. The van der Waals surface area contributed by atoms with Crippen molar-refractivity contribution in [2.24, 2.45) is 11.8 Å². The highest BCUT2D eigenvalue weighted by atomic mass is 16.1. The summed E-state index contributed by atoms with van der Waals surface area (Å²) in [6, 6.07) is 5.57. The number of Topliss-reactive ketones (excluding diaryl/α,β-unsaturated/α-hetero) is 1. The molecule has 0 aliphatic heterocycles. The van der Waals surface area contributed by atoms with Crippen molar-refractivity contribution in [1.29, 1.82) is 0 Å². The topological polar surface area (TPSA) is 30.0 Å². The Morgan fingerprint density at radius 1 is 1.31 bits per heavy atom. The SMILES string of the molecule is CCC1CCC(C(=O)c2ccccn2)CC1. The number of carbonyl (C=O) groups excluding carboxylic acids is 1. The Morgan fingerprint density at radius 3 is 2.62 bits per heavy atom. The molecule has 0 amide bonds. The third kappa shape index (κ3) is 2.49. The summed E-state index contributed by atoms with van der Waals surface area (Å²) in [6.07, 6.45) is 7.47. The van der Waals surface area contributed by atoms with Gasteiger partial charge in [0.05, 0.1) is 0 Å². The van der Waals surface area contributed by atoms with Crippen molar-refractivity contribution in [3.05, 3.63) is 30.1 Å². The molecule has 0 N–H and O–H groups in total. The zero-order valence-corrected chi connectivity index (χ0v) is 9.86. The van der Waals surface area contributed by atoms with Crippen molar-refractivity contribution in [2.75, 3.05) is 0 Å². The summed E-state index contributed by atoms with van der Waals surface area (Å²) in [5.74, 6) is 1.31. The van der Waals surface area contributed by atoms with E-state index in [9.17, 15) is 4.79 Å². The molecule has 2 heteroatoms. The molecule has 1 saturated carbocycles. The number of hydrogen-bond donors (Lipinski definition) is 0. The molecule has 1 heterocycles. The van der Waals surface area contributed by atoms with Gasteiger partial charge in [0.2, 0.25) is 0 Å². The molecule has 0 radical (unpaired) electrons. The molecule has 2 rings (SSSR count). The molecule has 0 saturated heterocycles. The minimum Gasteiger partial charge on any atom is -0.292 e. The maximum atomic E-state index is 12.1. The van der Waals surface area contributed by atoms with Gasteiger partial charge in [-0.2, -0.15) is 0 Å². The van der Waals surface area contributed by atoms with Gasteiger partial charge in [0.25, 0.3) is 0 Å². The fraction of sp³-hybridized carbons (Fsp3) is 0.571. The molecule has 0 spiro atoms. The van der Waals surface area contributed by atoms with Crippen molar-refractivity contribution in [3.8, 4) is 0 Å². The van der Waals surface area contributed by atoms with E-state index in [4.69, 9.17) is 0 Å². The van der Waals surface area contributed by atoms with E-state index in [-0.39, 0.29) is 11.7 Å². The number of rotatable bonds is 3. The van der Waals surface area contributed by atoms with Crippen LogP contribution >= 0.6 is 0 Å². The quantitative estimate of drug-likeness (QED) is 0.725. The van der Waals surface area contributed by atoms with Gasteiger partial charge in [0.15, 0.2) is 5.78 Å². The third-order valence-electron chi connectivity index (χ3n) is 3.71. The first kappa shape index (κ1) is 11.3. The molecule has 2 nitrogen and oxygen atoms in total. The summed E-state index contributed by atoms with van der Waals surface area (Å²) in [7, 11) is 0. The molecular weight excluding hydrogens is 198 g/mol. The summed E-state index contributed by atoms with van der Waals surface area (Å²) in [5, 5.41) is 0. The van der Waals surface area contributed by atoms with Crippen LogP contribution in [0.4, 0.5) is 0 Å². The highest BCUT2D eigenvalue weighted by Crippen LogP contribution is 2.32. The lowest BCUT2D eigenvalue weighted by atomic mass is 9.78. The molecule has 1 aromatic heterocycles. The van der Waals surface area contributed by atoms with E-state index in [1.807, 2.05) is 18.2 Å². The summed E-state index contributed by atoms with van der Waals surface area (Å²) < 4.78 is 0. The van der Waals surface area contributed by atoms with Crippen molar-refractivity contribution in [1.82, 2.24) is 4.98 Å². The molecule has 0 aromatic carbocycles. The van der Waals surface area contributed by atoms with Crippen molar-refractivity contribution in [3.63, 3.8) is 0 Å². The van der Waals surface area contributed by atoms with Crippen LogP contribution in [0.5, 0.6) is 0 Å². The Morgan fingerprint density at radius 2 is 2.06 bits per heavy atom. The Labute approximate surface area is 97.1 Å². The fourth-order valence-corrected chi connectivity index (χ4v) is 2.55. The number of nitrogens with zero attached hydrogens (tertiary/aromatic N) is 1. The number of ketones is 1. The lowest BCUT2D eigenvalue weighted by molar-refractivity contribution is 0.0866. The standard InChI is InChI=1S/C14H19NO/c1-2-11-6-8-12(9-7-11)14(16)13-5-3-4-10-15-13/h3-5,10-12H,2,6-9H2,1H3. The Kier molecular flexibility index (Phi) is 3.70. The van der Waals surface area contributed by atoms with Gasteiger partial charge >= 0.3 is 0 Å². The predicted octanol–water partition coefficient (Wildman–Crippen LogP) is 3.48. The van der Waals surface area contributed by atoms with Crippen LogP contribution in [0.3, 0.4) is 0 Å². The lowest BCUT2D eigenvalue weighted by Crippen LogP contribution is -2.22. The maximum Gasteiger partial charge on any atom is 0.184 e. The van der Waals surface area contributed by atoms with Crippen LogP contribution in [-0.4, -0.2) is 10.8 Å². The Bertz CT molecular complexity index is 339. The van der Waals surface area contributed by atoms with Crippen LogP contribution in [-0.2, 0) is 0 Å². The van der Waals surface area contributed by atoms with E-state index in [1.165, 1.54) is 19.3 Å². The van der Waals surface area contributed by atoms with Crippen molar-refractivity contribution < 1.29 is 4.79 Å². The zero-order chi connectivity index (χ0) is 11.4. The minimum atomic E-state index is 0.220. The molecule has 16 heavy (non-hydrogen) atoms. The number of hydrogen-bond acceptors (Lipinski definition) is 2. The van der Waals surface area contributed by atoms with E-state index in [2.05, 4.69) is 11.9 Å². The smallest absolute Gasteiger partial charge is 0.184 e. The molecule has 1 fully saturated rings. The van der Waals surface area contributed by atoms with Gasteiger partial charge < -0.3 is 0 Å². The van der Waals surface area contributed by atoms with Crippen molar-refractivity contribution in [2.45, 2.75) is 39.0 Å². The first-order valence-corrected chi connectivity index (χ1v) is 6.26. The Hall–Kier alpha value is -1.18. The highest BCUT2D eigenvalue weighted by Gasteiger charge is 2.26. The highest BCUT2D eigenvalue weighted by molar-refractivity contribution is 5.96. The second-order valence-corrected chi connectivity index (χ2v) is 4.71. The lowest BCUT2D eigenvalue weighted by Gasteiger charge is -2.26. The largest absolute Gasteiger partial charge is 0.292 e. The average molecular weight is 217 g/mol. The number of aromatic nitrogens is 1. The predicted molar refractivity (Wildman–Crippen MR) is 64.3 cm³/mol. The molecule has 0 atom stereocenters. The minimum absolute atomic E-state index is 0.220. The number of pyridine rings is 1. The van der Waals surface area contributed by atoms with Gasteiger partial charge in [0, 0.05) is 12.1 Å². The average Bonchev–Trinajstić information content (AvgIpc) is 2.39. The van der Waals surface area contributed by atoms with Gasteiger partial charge in [-0.05, 0) is 43.7 Å². The molecule has 0 bridgehead atoms. The molecule has 1 aromatic rings. The van der Waals surface area contributed by atoms with Crippen LogP contribution in [0.25, 0.3) is 0 Å². The van der Waals surface area contributed by atoms with Gasteiger partial charge in [0.1, 0.15) is 5.69 Å². The van der Waals surface area contributed by atoms with Gasteiger partial charge in [-0.25, -0.2) is 0 Å². The normalized spacial score (nSPS) is 25.3. The number of carbonyl (C=O) groups is 1. The summed E-state index contributed by atoms with van der Waals surface area (Å²) in [6.45, 7) is 2.24. The Balaban J connectivity index is 1.97. The van der Waals surface area contributed by atoms with Crippen LogP contribution in [0, 0.1) is 11.8 Å². The van der Waals surface area contributed by atoms with Crippen LogP contribution < -0.4 is 0 Å². The summed E-state index contributed by atoms with van der Waals surface area (Å²) >= 11 is 0. The van der Waals surface area contributed by atoms with Crippen LogP contribution in [0.15, 0.2) is 24.4 Å². The second-order valence-electron chi connectivity index (χ2n) is 4.71. The van der Waals surface area contributed by atoms with E-state index in [0.717, 1.165) is 18.8 Å². The molecular formula is C14H19NO. The van der Waals surface area contributed by atoms with E-state index >= 15 is 0 Å². The second kappa shape index (κ2) is 5.24.